The van der Waals surface area contributed by atoms with Crippen LogP contribution in [0.25, 0.3) is 21.9 Å². The molecule has 116 valence electrons. The van der Waals surface area contributed by atoms with E-state index >= 15 is 0 Å². The van der Waals surface area contributed by atoms with Crippen molar-refractivity contribution in [3.8, 4) is 35.3 Å². The standard InChI is InChI=1S/C20H14N2O2/c1-3-10-24-18-9-8-14-6-4-5-7-15(14)19(18)16-11-13(2)22-20(23)17(16)12-21/h1,4-9,11H,10H2,2H3,(H,22,23). The molecule has 3 rings (SSSR count). The molecule has 0 aliphatic heterocycles. The van der Waals surface area contributed by atoms with Gasteiger partial charge in [0.05, 0.1) is 0 Å². The average Bonchev–Trinajstić information content (AvgIpc) is 2.58. The van der Waals surface area contributed by atoms with E-state index in [1.54, 1.807) is 13.0 Å². The van der Waals surface area contributed by atoms with Crippen LogP contribution in [0.5, 0.6) is 5.75 Å². The summed E-state index contributed by atoms with van der Waals surface area (Å²) in [5, 5.41) is 11.3. The van der Waals surface area contributed by atoms with Gasteiger partial charge >= 0.3 is 0 Å². The summed E-state index contributed by atoms with van der Waals surface area (Å²) >= 11 is 0. The fourth-order valence-electron chi connectivity index (χ4n) is 2.77. The van der Waals surface area contributed by atoms with Gasteiger partial charge in [-0.25, -0.2) is 0 Å². The second-order valence-corrected chi connectivity index (χ2v) is 5.33. The van der Waals surface area contributed by atoms with Crippen molar-refractivity contribution in [2.75, 3.05) is 6.61 Å². The van der Waals surface area contributed by atoms with Crippen LogP contribution in [0, 0.1) is 30.6 Å². The second kappa shape index (κ2) is 6.32. The molecule has 3 aromatic rings. The van der Waals surface area contributed by atoms with E-state index in [4.69, 9.17) is 11.2 Å². The first-order valence-electron chi connectivity index (χ1n) is 7.38. The highest BCUT2D eigenvalue weighted by Crippen LogP contribution is 2.38. The molecule has 0 bridgehead atoms. The monoisotopic (exact) mass is 314 g/mol. The molecule has 0 amide bonds. The van der Waals surface area contributed by atoms with Gasteiger partial charge in [0.15, 0.2) is 0 Å². The Morgan fingerprint density at radius 3 is 2.79 bits per heavy atom. The van der Waals surface area contributed by atoms with Crippen LogP contribution in [0.3, 0.4) is 0 Å². The molecular formula is C20H14N2O2. The Balaban J connectivity index is 2.43. The molecule has 0 spiro atoms. The molecule has 4 nitrogen and oxygen atoms in total. The van der Waals surface area contributed by atoms with E-state index in [0.717, 1.165) is 10.8 Å². The van der Waals surface area contributed by atoms with Crippen LogP contribution in [0.1, 0.15) is 11.3 Å². The van der Waals surface area contributed by atoms with E-state index in [-0.39, 0.29) is 12.2 Å². The van der Waals surface area contributed by atoms with Gasteiger partial charge in [0.2, 0.25) is 0 Å². The van der Waals surface area contributed by atoms with Gasteiger partial charge in [-0.05, 0) is 29.8 Å². The number of benzene rings is 2. The second-order valence-electron chi connectivity index (χ2n) is 5.33. The van der Waals surface area contributed by atoms with Crippen molar-refractivity contribution in [3.63, 3.8) is 0 Å². The molecule has 4 heteroatoms. The van der Waals surface area contributed by atoms with Gasteiger partial charge in [-0.3, -0.25) is 4.79 Å². The third kappa shape index (κ3) is 2.62. The maximum absolute atomic E-state index is 12.2. The van der Waals surface area contributed by atoms with Crippen molar-refractivity contribution >= 4 is 10.8 Å². The van der Waals surface area contributed by atoms with Crippen molar-refractivity contribution in [3.05, 3.63) is 64.1 Å². The molecule has 1 N–H and O–H groups in total. The van der Waals surface area contributed by atoms with Crippen LogP contribution in [-0.2, 0) is 0 Å². The summed E-state index contributed by atoms with van der Waals surface area (Å²) in [6.07, 6.45) is 5.30. The van der Waals surface area contributed by atoms with Gasteiger partial charge in [-0.1, -0.05) is 36.3 Å². The highest BCUT2D eigenvalue weighted by molar-refractivity contribution is 6.00. The largest absolute Gasteiger partial charge is 0.480 e. The summed E-state index contributed by atoms with van der Waals surface area (Å²) in [6.45, 7) is 1.88. The molecule has 0 unspecified atom stereocenters. The molecule has 24 heavy (non-hydrogen) atoms. The van der Waals surface area contributed by atoms with Crippen LogP contribution in [0.2, 0.25) is 0 Å². The van der Waals surface area contributed by atoms with E-state index in [2.05, 4.69) is 10.9 Å². The number of nitrogens with zero attached hydrogens (tertiary/aromatic N) is 1. The lowest BCUT2D eigenvalue weighted by Gasteiger charge is -2.14. The highest BCUT2D eigenvalue weighted by Gasteiger charge is 2.17. The number of hydrogen-bond acceptors (Lipinski definition) is 3. The van der Waals surface area contributed by atoms with Gasteiger partial charge in [0.25, 0.3) is 5.56 Å². The minimum atomic E-state index is -0.414. The first kappa shape index (κ1) is 15.4. The summed E-state index contributed by atoms with van der Waals surface area (Å²) in [5.41, 5.74) is 1.56. The Morgan fingerprint density at radius 1 is 1.25 bits per heavy atom. The molecule has 1 heterocycles. The summed E-state index contributed by atoms with van der Waals surface area (Å²) in [6, 6.07) is 15.3. The third-order valence-electron chi connectivity index (χ3n) is 3.75. The zero-order valence-corrected chi connectivity index (χ0v) is 13.1. The number of aromatic nitrogens is 1. The maximum atomic E-state index is 12.2. The van der Waals surface area contributed by atoms with Gasteiger partial charge in [-0.15, -0.1) is 6.42 Å². The number of pyridine rings is 1. The maximum Gasteiger partial charge on any atom is 0.266 e. The topological polar surface area (TPSA) is 65.9 Å². The number of ether oxygens (including phenoxy) is 1. The van der Waals surface area contributed by atoms with Crippen LogP contribution >= 0.6 is 0 Å². The van der Waals surface area contributed by atoms with Crippen LogP contribution < -0.4 is 10.3 Å². The van der Waals surface area contributed by atoms with Crippen molar-refractivity contribution < 1.29 is 4.74 Å². The fourth-order valence-corrected chi connectivity index (χ4v) is 2.77. The molecule has 1 aromatic heterocycles. The summed E-state index contributed by atoms with van der Waals surface area (Å²) in [4.78, 5) is 14.8. The Bertz CT molecular complexity index is 1070. The number of hydrogen-bond donors (Lipinski definition) is 1. The Kier molecular flexibility index (Phi) is 4.05. The zero-order chi connectivity index (χ0) is 17.1. The number of fused-ring (bicyclic) bond motifs is 1. The predicted octanol–water partition coefficient (Wildman–Crippen LogP) is 3.39. The summed E-state index contributed by atoms with van der Waals surface area (Å²) < 4.78 is 5.67. The molecule has 0 aliphatic carbocycles. The molecule has 0 fully saturated rings. The number of aryl methyl sites for hydroxylation is 1. The van der Waals surface area contributed by atoms with Crippen molar-refractivity contribution in [2.24, 2.45) is 0 Å². The van der Waals surface area contributed by atoms with E-state index in [0.29, 0.717) is 22.6 Å². The number of nitriles is 1. The van der Waals surface area contributed by atoms with Crippen molar-refractivity contribution in [1.29, 1.82) is 5.26 Å². The smallest absolute Gasteiger partial charge is 0.266 e. The number of rotatable bonds is 3. The minimum Gasteiger partial charge on any atom is -0.480 e. The molecule has 0 aliphatic rings. The Hall–Kier alpha value is -3.50. The summed E-state index contributed by atoms with van der Waals surface area (Å²) in [7, 11) is 0. The van der Waals surface area contributed by atoms with Crippen molar-refractivity contribution in [1.82, 2.24) is 4.98 Å². The van der Waals surface area contributed by atoms with Gasteiger partial charge < -0.3 is 9.72 Å². The Labute approximate surface area is 139 Å². The van der Waals surface area contributed by atoms with Crippen LogP contribution in [0.15, 0.2) is 47.3 Å². The lowest BCUT2D eigenvalue weighted by Crippen LogP contribution is -2.13. The molecule has 2 aromatic carbocycles. The molecule has 0 saturated heterocycles. The molecule has 0 atom stereocenters. The molecular weight excluding hydrogens is 300 g/mol. The highest BCUT2D eigenvalue weighted by atomic mass is 16.5. The zero-order valence-electron chi connectivity index (χ0n) is 13.1. The van der Waals surface area contributed by atoms with E-state index in [1.165, 1.54) is 0 Å². The lowest BCUT2D eigenvalue weighted by molar-refractivity contribution is 0.372. The quantitative estimate of drug-likeness (QED) is 0.754. The predicted molar refractivity (Wildman–Crippen MR) is 93.8 cm³/mol. The van der Waals surface area contributed by atoms with E-state index in [1.807, 2.05) is 42.5 Å². The number of H-pyrrole nitrogens is 1. The van der Waals surface area contributed by atoms with Gasteiger partial charge in [-0.2, -0.15) is 5.26 Å². The first-order chi connectivity index (χ1) is 11.7. The number of nitrogens with one attached hydrogen (secondary N) is 1. The van der Waals surface area contributed by atoms with E-state index in [9.17, 15) is 10.1 Å². The van der Waals surface area contributed by atoms with Crippen molar-refractivity contribution in [2.45, 2.75) is 6.92 Å². The van der Waals surface area contributed by atoms with Gasteiger partial charge in [0.1, 0.15) is 24.0 Å². The summed E-state index contributed by atoms with van der Waals surface area (Å²) in [5.74, 6) is 2.99. The third-order valence-corrected chi connectivity index (χ3v) is 3.75. The molecule has 0 saturated carbocycles. The fraction of sp³-hybridized carbons (Fsp3) is 0.100. The van der Waals surface area contributed by atoms with Crippen LogP contribution in [0.4, 0.5) is 0 Å². The number of terminal acetylenes is 1. The van der Waals surface area contributed by atoms with E-state index < -0.39 is 5.56 Å². The first-order valence-corrected chi connectivity index (χ1v) is 7.38. The number of aromatic amines is 1. The Morgan fingerprint density at radius 2 is 2.04 bits per heavy atom. The van der Waals surface area contributed by atoms with Crippen LogP contribution in [-0.4, -0.2) is 11.6 Å². The minimum absolute atomic E-state index is 0.0579. The SMILES string of the molecule is C#CCOc1ccc2ccccc2c1-c1cc(C)[nH]c(=O)c1C#N. The lowest BCUT2D eigenvalue weighted by atomic mass is 9.94. The normalized spacial score (nSPS) is 10.1. The van der Waals surface area contributed by atoms with Gasteiger partial charge in [0, 0.05) is 16.8 Å². The average molecular weight is 314 g/mol. The molecule has 0 radical (unpaired) electrons.